The van der Waals surface area contributed by atoms with E-state index in [2.05, 4.69) is 5.32 Å². The molecule has 0 aliphatic rings. The molecule has 16 heavy (non-hydrogen) atoms. The zero-order valence-corrected chi connectivity index (χ0v) is 9.99. The minimum Gasteiger partial charge on any atom is -0.508 e. The van der Waals surface area contributed by atoms with Crippen LogP contribution in [0.3, 0.4) is 0 Å². The maximum Gasteiger partial charge on any atom is 0.120 e. The first-order valence-corrected chi connectivity index (χ1v) is 5.26. The number of ether oxygens (including phenoxy) is 2. The molecule has 2 N–H and O–H groups in total. The number of hydrogen-bond donors (Lipinski definition) is 2. The standard InChI is InChI=1S/C12H19NO3/c1-9(15-2)7-13-8-10-6-11(16-3)4-5-12(10)14/h4-6,9,13-14H,7-8H2,1-3H3. The van der Waals surface area contributed by atoms with E-state index in [9.17, 15) is 5.11 Å². The molecule has 0 aromatic heterocycles. The third kappa shape index (κ3) is 3.72. The fourth-order valence-corrected chi connectivity index (χ4v) is 1.32. The van der Waals surface area contributed by atoms with Crippen molar-refractivity contribution in [3.05, 3.63) is 23.8 Å². The van der Waals surface area contributed by atoms with Crippen molar-refractivity contribution in [1.29, 1.82) is 0 Å². The lowest BCUT2D eigenvalue weighted by Crippen LogP contribution is -2.25. The Morgan fingerprint density at radius 3 is 2.75 bits per heavy atom. The highest BCUT2D eigenvalue weighted by molar-refractivity contribution is 5.39. The van der Waals surface area contributed by atoms with Gasteiger partial charge in [0.05, 0.1) is 13.2 Å². The second-order valence-electron chi connectivity index (χ2n) is 3.67. The number of nitrogens with one attached hydrogen (secondary N) is 1. The first-order valence-electron chi connectivity index (χ1n) is 5.26. The van der Waals surface area contributed by atoms with E-state index < -0.39 is 0 Å². The molecule has 1 aromatic carbocycles. The molecular weight excluding hydrogens is 206 g/mol. The van der Waals surface area contributed by atoms with Gasteiger partial charge < -0.3 is 19.9 Å². The van der Waals surface area contributed by atoms with E-state index in [0.717, 1.165) is 17.9 Å². The van der Waals surface area contributed by atoms with Crippen LogP contribution in [-0.2, 0) is 11.3 Å². The van der Waals surface area contributed by atoms with Crippen LogP contribution in [0.2, 0.25) is 0 Å². The van der Waals surface area contributed by atoms with Gasteiger partial charge in [0.15, 0.2) is 0 Å². The van der Waals surface area contributed by atoms with Gasteiger partial charge in [0.2, 0.25) is 0 Å². The van der Waals surface area contributed by atoms with E-state index in [4.69, 9.17) is 9.47 Å². The molecule has 1 aromatic rings. The summed E-state index contributed by atoms with van der Waals surface area (Å²) in [5.41, 5.74) is 0.822. The monoisotopic (exact) mass is 225 g/mol. The molecule has 0 radical (unpaired) electrons. The molecule has 0 saturated heterocycles. The van der Waals surface area contributed by atoms with Gasteiger partial charge in [-0.1, -0.05) is 0 Å². The van der Waals surface area contributed by atoms with E-state index in [1.165, 1.54) is 0 Å². The molecule has 1 unspecified atom stereocenters. The molecule has 1 rings (SSSR count). The van der Waals surface area contributed by atoms with Gasteiger partial charge in [0.25, 0.3) is 0 Å². The summed E-state index contributed by atoms with van der Waals surface area (Å²) in [6, 6.07) is 5.19. The number of aromatic hydroxyl groups is 1. The lowest BCUT2D eigenvalue weighted by atomic mass is 10.2. The number of benzene rings is 1. The summed E-state index contributed by atoms with van der Waals surface area (Å²) in [5.74, 6) is 1.02. The highest BCUT2D eigenvalue weighted by Gasteiger charge is 2.04. The van der Waals surface area contributed by atoms with Gasteiger partial charge in [0.1, 0.15) is 11.5 Å². The first kappa shape index (κ1) is 12.8. The Morgan fingerprint density at radius 2 is 2.12 bits per heavy atom. The third-order valence-electron chi connectivity index (χ3n) is 2.44. The molecule has 0 fully saturated rings. The van der Waals surface area contributed by atoms with Gasteiger partial charge in [-0.2, -0.15) is 0 Å². The van der Waals surface area contributed by atoms with Crippen LogP contribution in [-0.4, -0.2) is 32.0 Å². The summed E-state index contributed by atoms with van der Waals surface area (Å²) in [4.78, 5) is 0. The van der Waals surface area contributed by atoms with Crippen molar-refractivity contribution in [2.75, 3.05) is 20.8 Å². The summed E-state index contributed by atoms with van der Waals surface area (Å²) in [7, 11) is 3.28. The highest BCUT2D eigenvalue weighted by Crippen LogP contribution is 2.22. The van der Waals surface area contributed by atoms with Crippen molar-refractivity contribution in [2.24, 2.45) is 0 Å². The van der Waals surface area contributed by atoms with Gasteiger partial charge >= 0.3 is 0 Å². The number of phenols is 1. The molecule has 0 amide bonds. The Labute approximate surface area is 96.2 Å². The van der Waals surface area contributed by atoms with E-state index in [-0.39, 0.29) is 11.9 Å². The molecule has 0 saturated carbocycles. The number of methoxy groups -OCH3 is 2. The topological polar surface area (TPSA) is 50.7 Å². The van der Waals surface area contributed by atoms with Crippen LogP contribution in [0.4, 0.5) is 0 Å². The Hall–Kier alpha value is -1.26. The Balaban J connectivity index is 2.52. The van der Waals surface area contributed by atoms with Crippen molar-refractivity contribution >= 4 is 0 Å². The SMILES string of the molecule is COc1ccc(O)c(CNCC(C)OC)c1. The van der Waals surface area contributed by atoms with Crippen LogP contribution in [0.25, 0.3) is 0 Å². The average molecular weight is 225 g/mol. The smallest absolute Gasteiger partial charge is 0.120 e. The van der Waals surface area contributed by atoms with E-state index in [1.54, 1.807) is 26.4 Å². The Bertz CT molecular complexity index is 328. The normalized spacial score (nSPS) is 12.4. The van der Waals surface area contributed by atoms with Crippen molar-refractivity contribution in [3.63, 3.8) is 0 Å². The van der Waals surface area contributed by atoms with Crippen LogP contribution in [0.15, 0.2) is 18.2 Å². The lowest BCUT2D eigenvalue weighted by molar-refractivity contribution is 0.117. The first-order chi connectivity index (χ1) is 7.67. The molecule has 4 nitrogen and oxygen atoms in total. The molecule has 0 heterocycles. The van der Waals surface area contributed by atoms with Gasteiger partial charge in [-0.15, -0.1) is 0 Å². The largest absolute Gasteiger partial charge is 0.508 e. The molecule has 0 aliphatic carbocycles. The minimum absolute atomic E-state index is 0.160. The summed E-state index contributed by atoms with van der Waals surface area (Å²) in [6.07, 6.45) is 0.160. The second kappa shape index (κ2) is 6.35. The van der Waals surface area contributed by atoms with Crippen molar-refractivity contribution in [2.45, 2.75) is 19.6 Å². The zero-order valence-electron chi connectivity index (χ0n) is 9.99. The molecule has 4 heteroatoms. The molecule has 0 aliphatic heterocycles. The van der Waals surface area contributed by atoms with Crippen LogP contribution in [0.5, 0.6) is 11.5 Å². The summed E-state index contributed by atoms with van der Waals surface area (Å²) < 4.78 is 10.2. The van der Waals surface area contributed by atoms with E-state index >= 15 is 0 Å². The van der Waals surface area contributed by atoms with Gasteiger partial charge in [-0.3, -0.25) is 0 Å². The summed E-state index contributed by atoms with van der Waals surface area (Å²) >= 11 is 0. The lowest BCUT2D eigenvalue weighted by Gasteiger charge is -2.12. The maximum absolute atomic E-state index is 9.63. The zero-order chi connectivity index (χ0) is 12.0. The quantitative estimate of drug-likeness (QED) is 0.770. The third-order valence-corrected chi connectivity index (χ3v) is 2.44. The van der Waals surface area contributed by atoms with E-state index in [0.29, 0.717) is 6.54 Å². The molecular formula is C12H19NO3. The maximum atomic E-state index is 9.63. The fourth-order valence-electron chi connectivity index (χ4n) is 1.32. The number of rotatable bonds is 6. The van der Waals surface area contributed by atoms with Crippen molar-refractivity contribution in [1.82, 2.24) is 5.32 Å². The van der Waals surface area contributed by atoms with Gasteiger partial charge in [0, 0.05) is 25.8 Å². The Kier molecular flexibility index (Phi) is 5.08. The van der Waals surface area contributed by atoms with E-state index in [1.807, 2.05) is 13.0 Å². The van der Waals surface area contributed by atoms with Crippen LogP contribution >= 0.6 is 0 Å². The average Bonchev–Trinajstić information content (AvgIpc) is 2.31. The molecule has 0 spiro atoms. The predicted octanol–water partition coefficient (Wildman–Crippen LogP) is 1.53. The van der Waals surface area contributed by atoms with Crippen LogP contribution in [0.1, 0.15) is 12.5 Å². The molecule has 90 valence electrons. The Morgan fingerprint density at radius 1 is 1.38 bits per heavy atom. The number of phenolic OH excluding ortho intramolecular Hbond substituents is 1. The fraction of sp³-hybridized carbons (Fsp3) is 0.500. The van der Waals surface area contributed by atoms with Crippen LogP contribution < -0.4 is 10.1 Å². The second-order valence-corrected chi connectivity index (χ2v) is 3.67. The van der Waals surface area contributed by atoms with Crippen molar-refractivity contribution in [3.8, 4) is 11.5 Å². The van der Waals surface area contributed by atoms with Gasteiger partial charge in [-0.05, 0) is 25.1 Å². The summed E-state index contributed by atoms with van der Waals surface area (Å²) in [6.45, 7) is 3.32. The van der Waals surface area contributed by atoms with Crippen molar-refractivity contribution < 1.29 is 14.6 Å². The minimum atomic E-state index is 0.160. The molecule has 0 bridgehead atoms. The number of hydrogen-bond acceptors (Lipinski definition) is 4. The van der Waals surface area contributed by atoms with Crippen LogP contribution in [0, 0.1) is 0 Å². The highest BCUT2D eigenvalue weighted by atomic mass is 16.5. The molecule has 1 atom stereocenters. The van der Waals surface area contributed by atoms with Gasteiger partial charge in [-0.25, -0.2) is 0 Å². The summed E-state index contributed by atoms with van der Waals surface area (Å²) in [5, 5.41) is 12.8. The predicted molar refractivity (Wildman–Crippen MR) is 62.8 cm³/mol.